The van der Waals surface area contributed by atoms with E-state index in [1.807, 2.05) is 0 Å². The second kappa shape index (κ2) is 8.30. The number of anilines is 1. The van der Waals surface area contributed by atoms with Gasteiger partial charge < -0.3 is 10.7 Å². The van der Waals surface area contributed by atoms with E-state index in [9.17, 15) is 22.0 Å². The van der Waals surface area contributed by atoms with Crippen LogP contribution in [-0.2, 0) is 10.0 Å². The molecule has 4 aromatic rings. The molecule has 0 atom stereocenters. The number of nitrogens with zero attached hydrogens (tertiary/aromatic N) is 2. The van der Waals surface area contributed by atoms with Crippen LogP contribution >= 0.6 is 0 Å². The van der Waals surface area contributed by atoms with Crippen LogP contribution in [-0.4, -0.2) is 41.6 Å². The fraction of sp³-hybridized carbons (Fsp3) is 0.167. The standard InChI is InChI=1S/C24H20F2N4O3S/c25-19-7-8-20(27)22(26)21(19)23(31)18-13-29-24-17(18)11-15(12-28-24)14-3-5-16(6-4-14)34(32,33)30-9-1-2-10-30/h3-8,11-13H,1-2,9-10,27H2,(H,28,29). The molecule has 0 spiro atoms. The normalized spacial score (nSPS) is 14.6. The molecule has 3 heterocycles. The quantitative estimate of drug-likeness (QED) is 0.329. The van der Waals surface area contributed by atoms with Gasteiger partial charge in [0.2, 0.25) is 15.8 Å². The van der Waals surface area contributed by atoms with E-state index in [1.165, 1.54) is 22.6 Å². The number of hydrogen-bond donors (Lipinski definition) is 2. The summed E-state index contributed by atoms with van der Waals surface area (Å²) in [5.74, 6) is -2.98. The van der Waals surface area contributed by atoms with Crippen molar-refractivity contribution in [2.75, 3.05) is 18.8 Å². The maximum atomic E-state index is 14.4. The Bertz CT molecular complexity index is 1530. The Labute approximate surface area is 194 Å². The molecule has 1 saturated heterocycles. The van der Waals surface area contributed by atoms with Gasteiger partial charge in [0, 0.05) is 42.0 Å². The minimum atomic E-state index is -3.54. The summed E-state index contributed by atoms with van der Waals surface area (Å²) < 4.78 is 55.7. The molecule has 0 bridgehead atoms. The maximum Gasteiger partial charge on any atom is 0.243 e. The van der Waals surface area contributed by atoms with Crippen molar-refractivity contribution in [2.24, 2.45) is 0 Å². The van der Waals surface area contributed by atoms with Crippen LogP contribution in [0.4, 0.5) is 14.5 Å². The molecule has 10 heteroatoms. The highest BCUT2D eigenvalue weighted by Crippen LogP contribution is 2.30. The van der Waals surface area contributed by atoms with Crippen LogP contribution in [0.25, 0.3) is 22.2 Å². The molecule has 2 aromatic carbocycles. The summed E-state index contributed by atoms with van der Waals surface area (Å²) in [4.78, 5) is 20.3. The number of aromatic amines is 1. The average molecular weight is 483 g/mol. The summed E-state index contributed by atoms with van der Waals surface area (Å²) in [5.41, 5.74) is 6.15. The summed E-state index contributed by atoms with van der Waals surface area (Å²) >= 11 is 0. The number of fused-ring (bicyclic) bond motifs is 1. The molecule has 0 aliphatic carbocycles. The minimum Gasteiger partial charge on any atom is -0.396 e. The van der Waals surface area contributed by atoms with Gasteiger partial charge in [-0.2, -0.15) is 4.31 Å². The molecular weight excluding hydrogens is 462 g/mol. The molecule has 3 N–H and O–H groups in total. The van der Waals surface area contributed by atoms with Crippen LogP contribution in [0.1, 0.15) is 28.8 Å². The number of H-pyrrole nitrogens is 1. The lowest BCUT2D eigenvalue weighted by atomic mass is 10.00. The molecule has 7 nitrogen and oxygen atoms in total. The monoisotopic (exact) mass is 482 g/mol. The highest BCUT2D eigenvalue weighted by Gasteiger charge is 2.27. The van der Waals surface area contributed by atoms with Gasteiger partial charge in [0.25, 0.3) is 0 Å². The number of benzene rings is 2. The van der Waals surface area contributed by atoms with Crippen molar-refractivity contribution in [3.8, 4) is 11.1 Å². The minimum absolute atomic E-state index is 0.0426. The first-order valence-corrected chi connectivity index (χ1v) is 12.1. The van der Waals surface area contributed by atoms with E-state index < -0.39 is 33.0 Å². The summed E-state index contributed by atoms with van der Waals surface area (Å²) in [6.07, 6.45) is 4.62. The summed E-state index contributed by atoms with van der Waals surface area (Å²) in [7, 11) is -3.54. The molecule has 5 rings (SSSR count). The number of rotatable bonds is 5. The Kier molecular flexibility index (Phi) is 5.41. The zero-order valence-corrected chi connectivity index (χ0v) is 18.7. The van der Waals surface area contributed by atoms with Gasteiger partial charge in [-0.15, -0.1) is 0 Å². The summed E-state index contributed by atoms with van der Waals surface area (Å²) in [5, 5.41) is 0.373. The Morgan fingerprint density at radius 3 is 2.44 bits per heavy atom. The van der Waals surface area contributed by atoms with E-state index in [-0.39, 0.29) is 16.1 Å². The molecule has 0 saturated carbocycles. The Balaban J connectivity index is 1.52. The van der Waals surface area contributed by atoms with Crippen molar-refractivity contribution in [3.05, 3.63) is 77.6 Å². The molecule has 174 valence electrons. The zero-order chi connectivity index (χ0) is 24.0. The number of hydrogen-bond acceptors (Lipinski definition) is 5. The number of sulfonamides is 1. The Morgan fingerprint density at radius 1 is 1.03 bits per heavy atom. The maximum absolute atomic E-state index is 14.4. The second-order valence-electron chi connectivity index (χ2n) is 8.11. The third-order valence-corrected chi connectivity index (χ3v) is 7.93. The van der Waals surface area contributed by atoms with Gasteiger partial charge in [0.15, 0.2) is 5.82 Å². The van der Waals surface area contributed by atoms with Crippen LogP contribution in [0.5, 0.6) is 0 Å². The van der Waals surface area contributed by atoms with Gasteiger partial charge in [-0.05, 0) is 48.7 Å². The second-order valence-corrected chi connectivity index (χ2v) is 10.1. The summed E-state index contributed by atoms with van der Waals surface area (Å²) in [6, 6.07) is 10.1. The highest BCUT2D eigenvalue weighted by atomic mass is 32.2. The predicted octanol–water partition coefficient (Wildman–Crippen LogP) is 4.11. The number of carbonyl (C=O) groups is 1. The lowest BCUT2D eigenvalue weighted by Crippen LogP contribution is -2.27. The molecule has 2 aromatic heterocycles. The van der Waals surface area contributed by atoms with Crippen molar-refractivity contribution in [2.45, 2.75) is 17.7 Å². The van der Waals surface area contributed by atoms with Crippen molar-refractivity contribution in [3.63, 3.8) is 0 Å². The number of ketones is 1. The van der Waals surface area contributed by atoms with Gasteiger partial charge in [-0.1, -0.05) is 12.1 Å². The number of nitrogens with one attached hydrogen (secondary N) is 1. The van der Waals surface area contributed by atoms with Crippen LogP contribution < -0.4 is 5.73 Å². The SMILES string of the molecule is Nc1ccc(F)c(C(=O)c2c[nH]c3ncc(-c4ccc(S(=O)(=O)N5CCCC5)cc4)cc23)c1F. The third kappa shape index (κ3) is 3.64. The third-order valence-electron chi connectivity index (χ3n) is 6.01. The molecule has 1 fully saturated rings. The van der Waals surface area contributed by atoms with Crippen LogP contribution in [0.15, 0.2) is 59.8 Å². The van der Waals surface area contributed by atoms with Gasteiger partial charge in [0.1, 0.15) is 11.5 Å². The lowest BCUT2D eigenvalue weighted by molar-refractivity contribution is 0.103. The zero-order valence-electron chi connectivity index (χ0n) is 17.9. The fourth-order valence-electron chi connectivity index (χ4n) is 4.16. The Morgan fingerprint density at radius 2 is 1.74 bits per heavy atom. The van der Waals surface area contributed by atoms with Crippen molar-refractivity contribution in [1.82, 2.24) is 14.3 Å². The van der Waals surface area contributed by atoms with E-state index in [1.54, 1.807) is 24.4 Å². The molecule has 1 aliphatic heterocycles. The number of nitrogens with two attached hydrogens (primary N) is 1. The Hall–Kier alpha value is -3.63. The smallest absolute Gasteiger partial charge is 0.243 e. The number of aromatic nitrogens is 2. The van der Waals surface area contributed by atoms with Crippen LogP contribution in [0.3, 0.4) is 0 Å². The fourth-order valence-corrected chi connectivity index (χ4v) is 5.67. The van der Waals surface area contributed by atoms with E-state index in [0.29, 0.717) is 35.2 Å². The molecule has 0 amide bonds. The van der Waals surface area contributed by atoms with Crippen molar-refractivity contribution >= 4 is 32.5 Å². The first-order chi connectivity index (χ1) is 16.3. The van der Waals surface area contributed by atoms with E-state index in [4.69, 9.17) is 5.73 Å². The molecule has 0 unspecified atom stereocenters. The first kappa shape index (κ1) is 22.2. The lowest BCUT2D eigenvalue weighted by Gasteiger charge is -2.15. The molecular formula is C24H20F2N4O3S. The molecule has 1 aliphatic rings. The molecule has 34 heavy (non-hydrogen) atoms. The predicted molar refractivity (Wildman–Crippen MR) is 124 cm³/mol. The van der Waals surface area contributed by atoms with Gasteiger partial charge in [0.05, 0.1) is 16.1 Å². The van der Waals surface area contributed by atoms with Gasteiger partial charge >= 0.3 is 0 Å². The van der Waals surface area contributed by atoms with Gasteiger partial charge in [-0.3, -0.25) is 4.79 Å². The van der Waals surface area contributed by atoms with Gasteiger partial charge in [-0.25, -0.2) is 22.2 Å². The van der Waals surface area contributed by atoms with Crippen molar-refractivity contribution in [1.29, 1.82) is 0 Å². The van der Waals surface area contributed by atoms with E-state index in [0.717, 1.165) is 25.0 Å². The average Bonchev–Trinajstić information content (AvgIpc) is 3.52. The largest absolute Gasteiger partial charge is 0.396 e. The first-order valence-electron chi connectivity index (χ1n) is 10.6. The molecule has 0 radical (unpaired) electrons. The topological polar surface area (TPSA) is 109 Å². The van der Waals surface area contributed by atoms with Crippen LogP contribution in [0.2, 0.25) is 0 Å². The highest BCUT2D eigenvalue weighted by molar-refractivity contribution is 7.89. The van der Waals surface area contributed by atoms with E-state index >= 15 is 0 Å². The van der Waals surface area contributed by atoms with Crippen molar-refractivity contribution < 1.29 is 22.0 Å². The summed E-state index contributed by atoms with van der Waals surface area (Å²) in [6.45, 7) is 1.03. The number of carbonyl (C=O) groups excluding carboxylic acids is 1. The number of pyridine rings is 1. The number of halogens is 2. The number of nitrogen functional groups attached to an aromatic ring is 1. The van der Waals surface area contributed by atoms with E-state index in [2.05, 4.69) is 9.97 Å². The van der Waals surface area contributed by atoms with Crippen LogP contribution in [0, 0.1) is 11.6 Å².